The first-order valence-electron chi connectivity index (χ1n) is 7.96. The Bertz CT molecular complexity index is 877. The number of rotatable bonds is 5. The maximum absolute atomic E-state index is 6.22. The molecule has 0 aliphatic heterocycles. The minimum Gasteiger partial charge on any atom is -0.393 e. The maximum atomic E-state index is 6.22. The second kappa shape index (κ2) is 7.40. The van der Waals surface area contributed by atoms with Gasteiger partial charge in [0.1, 0.15) is 12.0 Å². The lowest BCUT2D eigenvalue weighted by Crippen LogP contribution is -2.08. The summed E-state index contributed by atoms with van der Waals surface area (Å²) in [6.07, 6.45) is 1.49. The van der Waals surface area contributed by atoms with Crippen LogP contribution in [0.3, 0.4) is 0 Å². The van der Waals surface area contributed by atoms with Gasteiger partial charge >= 0.3 is 0 Å². The Morgan fingerprint density at radius 1 is 1.00 bits per heavy atom. The molecule has 1 aromatic heterocycles. The van der Waals surface area contributed by atoms with Crippen LogP contribution in [0.5, 0.6) is 0 Å². The van der Waals surface area contributed by atoms with Crippen molar-refractivity contribution >= 4 is 34.6 Å². The van der Waals surface area contributed by atoms with Gasteiger partial charge in [0.25, 0.3) is 0 Å². The molecule has 0 fully saturated rings. The van der Waals surface area contributed by atoms with E-state index in [9.17, 15) is 0 Å². The number of nitrogens with two attached hydrogens (primary N) is 1. The molecule has 0 spiro atoms. The molecule has 5 nitrogen and oxygen atoms in total. The van der Waals surface area contributed by atoms with E-state index in [1.807, 2.05) is 25.1 Å². The van der Waals surface area contributed by atoms with Crippen molar-refractivity contribution in [1.82, 2.24) is 9.97 Å². The van der Waals surface area contributed by atoms with E-state index in [1.54, 1.807) is 0 Å². The van der Waals surface area contributed by atoms with Crippen molar-refractivity contribution in [2.75, 3.05) is 16.4 Å². The number of aromatic nitrogens is 2. The summed E-state index contributed by atoms with van der Waals surface area (Å²) in [7, 11) is 0. The van der Waals surface area contributed by atoms with E-state index in [0.717, 1.165) is 16.8 Å². The highest BCUT2D eigenvalue weighted by molar-refractivity contribution is 6.30. The summed E-state index contributed by atoms with van der Waals surface area (Å²) in [6, 6.07) is 13.9. The van der Waals surface area contributed by atoms with E-state index in [1.165, 1.54) is 11.9 Å². The molecule has 1 heterocycles. The van der Waals surface area contributed by atoms with Crippen molar-refractivity contribution in [3.63, 3.8) is 0 Å². The van der Waals surface area contributed by atoms with Crippen molar-refractivity contribution in [1.29, 1.82) is 0 Å². The van der Waals surface area contributed by atoms with E-state index in [0.29, 0.717) is 28.9 Å². The zero-order valence-electron chi connectivity index (χ0n) is 14.2. The minimum atomic E-state index is 0.476. The molecule has 0 saturated heterocycles. The quantitative estimate of drug-likeness (QED) is 0.620. The van der Waals surface area contributed by atoms with Crippen LogP contribution >= 0.6 is 11.6 Å². The lowest BCUT2D eigenvalue weighted by molar-refractivity contribution is 1.08. The zero-order valence-corrected chi connectivity index (χ0v) is 14.9. The van der Waals surface area contributed by atoms with E-state index in [2.05, 4.69) is 51.8 Å². The third-order valence-corrected chi connectivity index (χ3v) is 4.14. The fourth-order valence-corrected chi connectivity index (χ4v) is 2.65. The molecule has 0 aliphatic carbocycles. The van der Waals surface area contributed by atoms with Gasteiger partial charge < -0.3 is 16.4 Å². The van der Waals surface area contributed by atoms with E-state index >= 15 is 0 Å². The Kier molecular flexibility index (Phi) is 5.05. The number of halogens is 1. The van der Waals surface area contributed by atoms with Crippen LogP contribution in [0.15, 0.2) is 48.8 Å². The summed E-state index contributed by atoms with van der Waals surface area (Å²) in [5.74, 6) is 1.16. The lowest BCUT2D eigenvalue weighted by atomic mass is 10.1. The first-order valence-corrected chi connectivity index (χ1v) is 8.34. The number of hydrogen-bond acceptors (Lipinski definition) is 5. The highest BCUT2D eigenvalue weighted by Crippen LogP contribution is 2.28. The predicted octanol–water partition coefficient (Wildman–Crippen LogP) is 4.68. The van der Waals surface area contributed by atoms with Crippen LogP contribution in [0.25, 0.3) is 0 Å². The molecule has 4 N–H and O–H groups in total. The second-order valence-electron chi connectivity index (χ2n) is 5.91. The van der Waals surface area contributed by atoms with Crippen molar-refractivity contribution in [3.8, 4) is 0 Å². The van der Waals surface area contributed by atoms with Gasteiger partial charge in [-0.2, -0.15) is 0 Å². The summed E-state index contributed by atoms with van der Waals surface area (Å²) in [6.45, 7) is 4.68. The average molecular weight is 354 g/mol. The Hall–Kier alpha value is -2.79. The summed E-state index contributed by atoms with van der Waals surface area (Å²) < 4.78 is 0. The topological polar surface area (TPSA) is 75.9 Å². The molecule has 0 atom stereocenters. The van der Waals surface area contributed by atoms with Gasteiger partial charge in [-0.1, -0.05) is 41.4 Å². The molecule has 25 heavy (non-hydrogen) atoms. The first kappa shape index (κ1) is 17.0. The minimum absolute atomic E-state index is 0.476. The molecule has 0 amide bonds. The zero-order chi connectivity index (χ0) is 17.8. The largest absolute Gasteiger partial charge is 0.393 e. The average Bonchev–Trinajstić information content (AvgIpc) is 2.59. The normalized spacial score (nSPS) is 10.5. The highest BCUT2D eigenvalue weighted by atomic mass is 35.5. The molecule has 0 unspecified atom stereocenters. The summed E-state index contributed by atoms with van der Waals surface area (Å²) in [4.78, 5) is 8.49. The number of anilines is 4. The fourth-order valence-electron chi connectivity index (χ4n) is 2.42. The summed E-state index contributed by atoms with van der Waals surface area (Å²) >= 11 is 6.00. The van der Waals surface area contributed by atoms with Crippen LogP contribution in [0.1, 0.15) is 16.7 Å². The van der Waals surface area contributed by atoms with Crippen molar-refractivity contribution in [2.45, 2.75) is 20.4 Å². The van der Waals surface area contributed by atoms with Gasteiger partial charge in [0, 0.05) is 17.3 Å². The smallest absolute Gasteiger partial charge is 0.159 e. The molecule has 0 radical (unpaired) electrons. The van der Waals surface area contributed by atoms with Gasteiger partial charge in [0.05, 0.1) is 0 Å². The summed E-state index contributed by atoms with van der Waals surface area (Å²) in [5.41, 5.74) is 11.0. The molecule has 6 heteroatoms. The van der Waals surface area contributed by atoms with Gasteiger partial charge in [0.15, 0.2) is 11.6 Å². The molecular formula is C19H20ClN5. The number of benzene rings is 2. The molecular weight excluding hydrogens is 334 g/mol. The number of nitrogens with one attached hydrogen (secondary N) is 2. The number of aryl methyl sites for hydroxylation is 2. The molecule has 0 bridgehead atoms. The molecule has 128 valence electrons. The van der Waals surface area contributed by atoms with Gasteiger partial charge in [-0.3, -0.25) is 0 Å². The SMILES string of the molecule is Cc1ccc(CNc2ncnc(Nc3ccc(Cl)cc3C)c2N)cc1. The maximum Gasteiger partial charge on any atom is 0.159 e. The Morgan fingerprint density at radius 2 is 1.72 bits per heavy atom. The first-order chi connectivity index (χ1) is 12.0. The van der Waals surface area contributed by atoms with E-state index < -0.39 is 0 Å². The lowest BCUT2D eigenvalue weighted by Gasteiger charge is -2.14. The predicted molar refractivity (Wildman–Crippen MR) is 104 cm³/mol. The standard InChI is InChI=1S/C19H20ClN5/c1-12-3-5-14(6-4-12)10-22-18-17(21)19(24-11-23-18)25-16-8-7-15(20)9-13(16)2/h3-9,11H,10,21H2,1-2H3,(H2,22,23,24,25). The third-order valence-electron chi connectivity index (χ3n) is 3.91. The van der Waals surface area contributed by atoms with Crippen LogP contribution in [-0.2, 0) is 6.54 Å². The van der Waals surface area contributed by atoms with E-state index in [4.69, 9.17) is 17.3 Å². The van der Waals surface area contributed by atoms with Gasteiger partial charge in [0.2, 0.25) is 0 Å². The van der Waals surface area contributed by atoms with Gasteiger partial charge in [-0.15, -0.1) is 0 Å². The van der Waals surface area contributed by atoms with Crippen LogP contribution < -0.4 is 16.4 Å². The van der Waals surface area contributed by atoms with Gasteiger partial charge in [-0.05, 0) is 43.2 Å². The van der Waals surface area contributed by atoms with Crippen molar-refractivity contribution in [2.24, 2.45) is 0 Å². The third kappa shape index (κ3) is 4.19. The van der Waals surface area contributed by atoms with Crippen LogP contribution in [-0.4, -0.2) is 9.97 Å². The summed E-state index contributed by atoms with van der Waals surface area (Å²) in [5, 5.41) is 7.19. The molecule has 3 rings (SSSR count). The van der Waals surface area contributed by atoms with Crippen LogP contribution in [0.2, 0.25) is 5.02 Å². The molecule has 2 aromatic carbocycles. The fraction of sp³-hybridized carbons (Fsp3) is 0.158. The molecule has 3 aromatic rings. The van der Waals surface area contributed by atoms with Crippen molar-refractivity contribution in [3.05, 3.63) is 70.5 Å². The number of hydrogen-bond donors (Lipinski definition) is 3. The number of nitrogens with zero attached hydrogens (tertiary/aromatic N) is 2. The molecule has 0 aliphatic rings. The van der Waals surface area contributed by atoms with Gasteiger partial charge in [-0.25, -0.2) is 9.97 Å². The number of nitrogen functional groups attached to an aromatic ring is 1. The molecule has 0 saturated carbocycles. The Labute approximate surface area is 152 Å². The highest BCUT2D eigenvalue weighted by Gasteiger charge is 2.09. The second-order valence-corrected chi connectivity index (χ2v) is 6.34. The monoisotopic (exact) mass is 353 g/mol. The van der Waals surface area contributed by atoms with Crippen LogP contribution in [0.4, 0.5) is 23.0 Å². The van der Waals surface area contributed by atoms with Crippen LogP contribution in [0, 0.1) is 13.8 Å². The Morgan fingerprint density at radius 3 is 2.44 bits per heavy atom. The van der Waals surface area contributed by atoms with E-state index in [-0.39, 0.29) is 0 Å². The Balaban J connectivity index is 1.76. The van der Waals surface area contributed by atoms with Crippen molar-refractivity contribution < 1.29 is 0 Å².